The van der Waals surface area contributed by atoms with Gasteiger partial charge in [-0.1, -0.05) is 148 Å². The van der Waals surface area contributed by atoms with Crippen LogP contribution in [0, 0.1) is 0 Å². The average Bonchev–Trinajstić information content (AvgIpc) is 3.19. The lowest BCUT2D eigenvalue weighted by molar-refractivity contribution is -0.160. The van der Waals surface area contributed by atoms with Gasteiger partial charge in [-0.05, 0) is 54.9 Å². The van der Waals surface area contributed by atoms with E-state index in [0.717, 1.165) is 68.9 Å². The SMILES string of the molecule is CCCCCCCCCOC(=O)CCCCCCC(=O)OCc1cc(CO)cc(COC(=O)CCC(OCCCCCCCC)OCCCCCCCC)c1. The van der Waals surface area contributed by atoms with Crippen LogP contribution in [0.15, 0.2) is 18.2 Å². The van der Waals surface area contributed by atoms with E-state index in [2.05, 4.69) is 20.8 Å². The fourth-order valence-electron chi connectivity index (χ4n) is 6.42. The number of ether oxygens (including phenoxy) is 5. The van der Waals surface area contributed by atoms with E-state index in [0.29, 0.717) is 51.1 Å². The molecule has 0 bridgehead atoms. The summed E-state index contributed by atoms with van der Waals surface area (Å²) in [7, 11) is 0. The van der Waals surface area contributed by atoms with Gasteiger partial charge in [0.25, 0.3) is 0 Å². The number of aliphatic hydroxyl groups is 1. The molecule has 318 valence electrons. The van der Waals surface area contributed by atoms with Crippen molar-refractivity contribution in [3.8, 4) is 0 Å². The van der Waals surface area contributed by atoms with E-state index in [1.165, 1.54) is 83.5 Å². The van der Waals surface area contributed by atoms with Crippen molar-refractivity contribution in [2.24, 2.45) is 0 Å². The minimum atomic E-state index is -0.425. The normalized spacial score (nSPS) is 11.3. The molecule has 55 heavy (non-hydrogen) atoms. The predicted octanol–water partition coefficient (Wildman–Crippen LogP) is 11.8. The van der Waals surface area contributed by atoms with Gasteiger partial charge in [0.1, 0.15) is 13.2 Å². The molecule has 9 heteroatoms. The number of hydrogen-bond donors (Lipinski definition) is 1. The minimum Gasteiger partial charge on any atom is -0.466 e. The second-order valence-electron chi connectivity index (χ2n) is 15.1. The number of aliphatic hydroxyl groups excluding tert-OH is 1. The molecule has 0 unspecified atom stereocenters. The van der Waals surface area contributed by atoms with Gasteiger partial charge in [0.05, 0.1) is 19.6 Å². The Kier molecular flexibility index (Phi) is 34.1. The summed E-state index contributed by atoms with van der Waals surface area (Å²) in [5, 5.41) is 9.82. The van der Waals surface area contributed by atoms with Crippen LogP contribution in [0.25, 0.3) is 0 Å². The van der Waals surface area contributed by atoms with Gasteiger partial charge in [-0.15, -0.1) is 0 Å². The third kappa shape index (κ3) is 31.3. The second kappa shape index (κ2) is 37.1. The lowest BCUT2D eigenvalue weighted by atomic mass is 10.1. The lowest BCUT2D eigenvalue weighted by Gasteiger charge is -2.19. The van der Waals surface area contributed by atoms with Crippen molar-refractivity contribution in [3.63, 3.8) is 0 Å². The Hall–Kier alpha value is -2.49. The summed E-state index contributed by atoms with van der Waals surface area (Å²) in [6.07, 6.45) is 26.7. The largest absolute Gasteiger partial charge is 0.466 e. The molecule has 0 aliphatic carbocycles. The van der Waals surface area contributed by atoms with E-state index in [1.54, 1.807) is 12.1 Å². The van der Waals surface area contributed by atoms with E-state index in [4.69, 9.17) is 23.7 Å². The molecule has 1 aromatic carbocycles. The van der Waals surface area contributed by atoms with Gasteiger partial charge in [0.2, 0.25) is 0 Å². The maximum atomic E-state index is 12.8. The number of benzene rings is 1. The Morgan fingerprint density at radius 3 is 1.27 bits per heavy atom. The third-order valence-electron chi connectivity index (χ3n) is 9.80. The molecule has 0 fully saturated rings. The first-order chi connectivity index (χ1) is 26.9. The van der Waals surface area contributed by atoms with E-state index in [9.17, 15) is 19.5 Å². The van der Waals surface area contributed by atoms with Crippen LogP contribution in [-0.4, -0.2) is 49.1 Å². The summed E-state index contributed by atoms with van der Waals surface area (Å²) < 4.78 is 28.6. The van der Waals surface area contributed by atoms with Crippen molar-refractivity contribution in [3.05, 3.63) is 34.9 Å². The molecule has 0 aromatic heterocycles. The number of rotatable bonds is 39. The van der Waals surface area contributed by atoms with Crippen LogP contribution in [0.4, 0.5) is 0 Å². The van der Waals surface area contributed by atoms with Crippen LogP contribution >= 0.6 is 0 Å². The highest BCUT2D eigenvalue weighted by Gasteiger charge is 2.15. The molecule has 0 aliphatic heterocycles. The highest BCUT2D eigenvalue weighted by molar-refractivity contribution is 5.70. The van der Waals surface area contributed by atoms with Crippen molar-refractivity contribution < 1.29 is 43.2 Å². The zero-order valence-corrected chi connectivity index (χ0v) is 35.4. The number of esters is 3. The lowest BCUT2D eigenvalue weighted by Crippen LogP contribution is -2.21. The molecular weight excluding hydrogens is 696 g/mol. The molecule has 0 radical (unpaired) electrons. The summed E-state index contributed by atoms with van der Waals surface area (Å²) >= 11 is 0. The van der Waals surface area contributed by atoms with Crippen LogP contribution in [0.5, 0.6) is 0 Å². The van der Waals surface area contributed by atoms with Gasteiger partial charge in [-0.2, -0.15) is 0 Å². The number of carbonyl (C=O) groups excluding carboxylic acids is 3. The van der Waals surface area contributed by atoms with E-state index in [-0.39, 0.29) is 44.1 Å². The fraction of sp³-hybridized carbons (Fsp3) is 0.804. The molecule has 1 aromatic rings. The number of unbranched alkanes of at least 4 members (excludes halogenated alkanes) is 19. The van der Waals surface area contributed by atoms with Gasteiger partial charge in [-0.25, -0.2) is 0 Å². The topological polar surface area (TPSA) is 118 Å². The molecule has 0 spiro atoms. The number of hydrogen-bond acceptors (Lipinski definition) is 9. The Morgan fingerprint density at radius 1 is 0.455 bits per heavy atom. The van der Waals surface area contributed by atoms with Crippen molar-refractivity contribution >= 4 is 17.9 Å². The summed E-state index contributed by atoms with van der Waals surface area (Å²) in [6, 6.07) is 5.42. The number of carbonyl (C=O) groups is 3. The molecule has 0 saturated heterocycles. The predicted molar refractivity (Wildman–Crippen MR) is 220 cm³/mol. The van der Waals surface area contributed by atoms with Crippen molar-refractivity contribution in [1.29, 1.82) is 0 Å². The first-order valence-corrected chi connectivity index (χ1v) is 22.3. The molecule has 1 rings (SSSR count). The first kappa shape index (κ1) is 50.5. The Balaban J connectivity index is 2.36. The van der Waals surface area contributed by atoms with Crippen molar-refractivity contribution in [2.75, 3.05) is 19.8 Å². The van der Waals surface area contributed by atoms with Gasteiger partial charge >= 0.3 is 17.9 Å². The van der Waals surface area contributed by atoms with E-state index in [1.807, 2.05) is 6.07 Å². The van der Waals surface area contributed by atoms with Crippen LogP contribution in [0.2, 0.25) is 0 Å². The average molecular weight is 777 g/mol. The third-order valence-corrected chi connectivity index (χ3v) is 9.80. The quantitative estimate of drug-likeness (QED) is 0.0302. The van der Waals surface area contributed by atoms with E-state index >= 15 is 0 Å². The minimum absolute atomic E-state index is 0.0577. The summed E-state index contributed by atoms with van der Waals surface area (Å²) in [5.74, 6) is -0.756. The maximum Gasteiger partial charge on any atom is 0.306 e. The molecule has 9 nitrogen and oxygen atoms in total. The first-order valence-electron chi connectivity index (χ1n) is 22.3. The van der Waals surface area contributed by atoms with Gasteiger partial charge in [-0.3, -0.25) is 14.4 Å². The molecule has 0 amide bonds. The van der Waals surface area contributed by atoms with Crippen LogP contribution in [0.1, 0.15) is 211 Å². The smallest absolute Gasteiger partial charge is 0.306 e. The van der Waals surface area contributed by atoms with Crippen LogP contribution < -0.4 is 0 Å². The Morgan fingerprint density at radius 2 is 0.818 bits per heavy atom. The Labute approximate surface area is 335 Å². The second-order valence-corrected chi connectivity index (χ2v) is 15.1. The zero-order valence-electron chi connectivity index (χ0n) is 35.4. The molecule has 1 N–H and O–H groups in total. The molecular formula is C46H80O9. The molecule has 0 atom stereocenters. The van der Waals surface area contributed by atoms with Crippen LogP contribution in [-0.2, 0) is 57.9 Å². The van der Waals surface area contributed by atoms with Crippen LogP contribution in [0.3, 0.4) is 0 Å². The monoisotopic (exact) mass is 777 g/mol. The standard InChI is InChI=1S/C46H80O9/c1-4-7-10-13-16-21-24-31-51-43(48)27-22-17-18-23-28-44(49)54-38-41-34-40(37-47)35-42(36-41)39-55-45(50)29-30-46(52-32-25-19-14-11-8-5-2)53-33-26-20-15-12-9-6-3/h34-36,46-47H,4-33,37-39H2,1-3H3. The van der Waals surface area contributed by atoms with Crippen molar-refractivity contribution in [2.45, 2.75) is 220 Å². The Bertz CT molecular complexity index is 1060. The highest BCUT2D eigenvalue weighted by atomic mass is 16.7. The molecule has 0 heterocycles. The van der Waals surface area contributed by atoms with Crippen molar-refractivity contribution in [1.82, 2.24) is 0 Å². The van der Waals surface area contributed by atoms with Gasteiger partial charge in [0, 0.05) is 32.5 Å². The van der Waals surface area contributed by atoms with Gasteiger partial charge < -0.3 is 28.8 Å². The zero-order chi connectivity index (χ0) is 40.0. The van der Waals surface area contributed by atoms with Gasteiger partial charge in [0.15, 0.2) is 6.29 Å². The maximum absolute atomic E-state index is 12.8. The summed E-state index contributed by atoms with van der Waals surface area (Å²) in [4.78, 5) is 37.1. The van der Waals surface area contributed by atoms with E-state index < -0.39 is 6.29 Å². The highest BCUT2D eigenvalue weighted by Crippen LogP contribution is 2.17. The summed E-state index contributed by atoms with van der Waals surface area (Å²) in [6.45, 7) is 8.37. The fourth-order valence-corrected chi connectivity index (χ4v) is 6.42. The summed E-state index contributed by atoms with van der Waals surface area (Å²) in [5.41, 5.74) is 2.11. The molecule has 0 aliphatic rings. The molecule has 0 saturated carbocycles.